The van der Waals surface area contributed by atoms with E-state index in [1.165, 1.54) is 18.2 Å². The van der Waals surface area contributed by atoms with Crippen molar-refractivity contribution in [3.63, 3.8) is 0 Å². The maximum absolute atomic E-state index is 14.0. The number of nitriles is 1. The summed E-state index contributed by atoms with van der Waals surface area (Å²) in [6.45, 7) is 9.09. The van der Waals surface area contributed by atoms with Crippen LogP contribution in [0.4, 0.5) is 4.79 Å². The maximum atomic E-state index is 14.0. The van der Waals surface area contributed by atoms with Crippen LogP contribution in [-0.2, 0) is 27.8 Å². The highest BCUT2D eigenvalue weighted by atomic mass is 32.2. The van der Waals surface area contributed by atoms with E-state index in [0.29, 0.717) is 16.0 Å². The Kier molecular flexibility index (Phi) is 9.83. The SMILES string of the molecule is COc1ccc(COc2ccc(C#N)cc2S(=O)(=O)N(CCc2ccc(C(C)C)cc2)C(=O)OC(C)(C)C)cc1. The minimum atomic E-state index is -4.48. The molecule has 3 aromatic carbocycles. The number of rotatable bonds is 10. The number of benzene rings is 3. The molecule has 0 atom stereocenters. The third kappa shape index (κ3) is 7.99. The standard InChI is InChI=1S/C31H36N2O6S/c1-22(2)26-12-7-23(8-13-26)17-18-33(30(34)39-31(3,4)5)40(35,36)29-19-25(20-32)11-16-28(29)38-21-24-9-14-27(37-6)15-10-24/h7-16,19,22H,17-18,21H2,1-6H3. The number of hydrogen-bond donors (Lipinski definition) is 0. The van der Waals surface area contributed by atoms with E-state index in [1.54, 1.807) is 52.1 Å². The normalized spacial score (nSPS) is 11.6. The van der Waals surface area contributed by atoms with Gasteiger partial charge in [-0.2, -0.15) is 9.57 Å². The number of carbonyl (C=O) groups excluding carboxylic acids is 1. The summed E-state index contributed by atoms with van der Waals surface area (Å²) in [6, 6.07) is 21.1. The van der Waals surface area contributed by atoms with Gasteiger partial charge in [-0.3, -0.25) is 0 Å². The summed E-state index contributed by atoms with van der Waals surface area (Å²) in [5.41, 5.74) is 2.00. The van der Waals surface area contributed by atoms with Crippen LogP contribution >= 0.6 is 0 Å². The molecule has 0 fully saturated rings. The van der Waals surface area contributed by atoms with Crippen molar-refractivity contribution in [2.75, 3.05) is 13.7 Å². The summed E-state index contributed by atoms with van der Waals surface area (Å²) >= 11 is 0. The molecule has 0 saturated carbocycles. The van der Waals surface area contributed by atoms with E-state index in [1.807, 2.05) is 30.3 Å². The van der Waals surface area contributed by atoms with E-state index in [2.05, 4.69) is 13.8 Å². The monoisotopic (exact) mass is 564 g/mol. The number of amides is 1. The Morgan fingerprint density at radius 3 is 2.15 bits per heavy atom. The molecule has 8 nitrogen and oxygen atoms in total. The van der Waals surface area contributed by atoms with Crippen LogP contribution in [0.2, 0.25) is 0 Å². The van der Waals surface area contributed by atoms with Gasteiger partial charge < -0.3 is 14.2 Å². The summed E-state index contributed by atoms with van der Waals surface area (Å²) in [5.74, 6) is 1.05. The lowest BCUT2D eigenvalue weighted by Crippen LogP contribution is -2.42. The molecule has 212 valence electrons. The van der Waals surface area contributed by atoms with Crippen molar-refractivity contribution in [3.8, 4) is 17.6 Å². The molecule has 0 N–H and O–H groups in total. The van der Waals surface area contributed by atoms with E-state index < -0.39 is 21.7 Å². The number of ether oxygens (including phenoxy) is 3. The van der Waals surface area contributed by atoms with Crippen molar-refractivity contribution >= 4 is 16.1 Å². The smallest absolute Gasteiger partial charge is 0.424 e. The summed E-state index contributed by atoms with van der Waals surface area (Å²) in [4.78, 5) is 13.0. The first-order valence-corrected chi connectivity index (χ1v) is 14.4. The molecule has 0 bridgehead atoms. The van der Waals surface area contributed by atoms with Crippen molar-refractivity contribution in [1.29, 1.82) is 5.26 Å². The highest BCUT2D eigenvalue weighted by Crippen LogP contribution is 2.30. The van der Waals surface area contributed by atoms with Crippen molar-refractivity contribution in [1.82, 2.24) is 4.31 Å². The Hall–Kier alpha value is -4.03. The molecule has 3 aromatic rings. The van der Waals surface area contributed by atoms with E-state index in [0.717, 1.165) is 16.7 Å². The molecule has 0 heterocycles. The number of sulfonamides is 1. The molecule has 40 heavy (non-hydrogen) atoms. The highest BCUT2D eigenvalue weighted by molar-refractivity contribution is 7.89. The van der Waals surface area contributed by atoms with Gasteiger partial charge in [-0.15, -0.1) is 0 Å². The van der Waals surface area contributed by atoms with Gasteiger partial charge in [0.2, 0.25) is 0 Å². The second kappa shape index (κ2) is 12.9. The molecule has 9 heteroatoms. The molecule has 0 aromatic heterocycles. The summed E-state index contributed by atoms with van der Waals surface area (Å²) in [5, 5.41) is 9.49. The second-order valence-corrected chi connectivity index (χ2v) is 12.4. The average Bonchev–Trinajstić information content (AvgIpc) is 2.91. The summed E-state index contributed by atoms with van der Waals surface area (Å²) < 4.78 is 45.3. The van der Waals surface area contributed by atoms with Gasteiger partial charge in [0.1, 0.15) is 28.6 Å². The van der Waals surface area contributed by atoms with Crippen LogP contribution in [0.5, 0.6) is 11.5 Å². The van der Waals surface area contributed by atoms with Gasteiger partial charge in [0.25, 0.3) is 10.0 Å². The largest absolute Gasteiger partial charge is 0.497 e. The van der Waals surface area contributed by atoms with Gasteiger partial charge in [0.05, 0.1) is 18.7 Å². The van der Waals surface area contributed by atoms with Crippen LogP contribution in [-0.4, -0.2) is 38.1 Å². The van der Waals surface area contributed by atoms with Crippen molar-refractivity contribution in [2.24, 2.45) is 0 Å². The topological polar surface area (TPSA) is 106 Å². The lowest BCUT2D eigenvalue weighted by atomic mass is 10.0. The highest BCUT2D eigenvalue weighted by Gasteiger charge is 2.35. The van der Waals surface area contributed by atoms with Crippen molar-refractivity contribution in [3.05, 3.63) is 89.0 Å². The summed E-state index contributed by atoms with van der Waals surface area (Å²) in [6.07, 6.45) is -0.730. The van der Waals surface area contributed by atoms with Gasteiger partial charge in [-0.05, 0) is 80.1 Å². The maximum Gasteiger partial charge on any atom is 0.424 e. The Morgan fingerprint density at radius 1 is 0.975 bits per heavy atom. The molecule has 1 amide bonds. The Morgan fingerprint density at radius 2 is 1.60 bits per heavy atom. The molecular formula is C31H36N2O6S. The Balaban J connectivity index is 1.96. The quantitative estimate of drug-likeness (QED) is 0.279. The van der Waals surface area contributed by atoms with E-state index in [-0.39, 0.29) is 35.8 Å². The average molecular weight is 565 g/mol. The van der Waals surface area contributed by atoms with Gasteiger partial charge in [-0.25, -0.2) is 13.2 Å². The first-order valence-electron chi connectivity index (χ1n) is 13.0. The van der Waals surface area contributed by atoms with Crippen LogP contribution in [0.25, 0.3) is 0 Å². The minimum absolute atomic E-state index is 0.0182. The first kappa shape index (κ1) is 30.5. The number of nitrogens with zero attached hydrogens (tertiary/aromatic N) is 2. The Bertz CT molecular complexity index is 1450. The van der Waals surface area contributed by atoms with Crippen LogP contribution in [0.15, 0.2) is 71.6 Å². The van der Waals surface area contributed by atoms with Gasteiger partial charge >= 0.3 is 6.09 Å². The number of hydrogen-bond acceptors (Lipinski definition) is 7. The predicted octanol–water partition coefficient (Wildman–Crippen LogP) is 6.44. The fraction of sp³-hybridized carbons (Fsp3) is 0.355. The molecule has 0 aliphatic rings. The summed E-state index contributed by atoms with van der Waals surface area (Å²) in [7, 11) is -2.91. The molecule has 0 aliphatic carbocycles. The number of methoxy groups -OCH3 is 1. The fourth-order valence-electron chi connectivity index (χ4n) is 3.82. The second-order valence-electron chi connectivity index (χ2n) is 10.6. The third-order valence-corrected chi connectivity index (χ3v) is 7.83. The fourth-order valence-corrected chi connectivity index (χ4v) is 5.28. The van der Waals surface area contributed by atoms with E-state index >= 15 is 0 Å². The molecule has 0 spiro atoms. The molecular weight excluding hydrogens is 528 g/mol. The molecule has 0 saturated heterocycles. The van der Waals surface area contributed by atoms with Crippen LogP contribution < -0.4 is 9.47 Å². The molecule has 3 rings (SSSR count). The van der Waals surface area contributed by atoms with Crippen molar-refractivity contribution < 1.29 is 27.4 Å². The molecule has 0 radical (unpaired) electrons. The van der Waals surface area contributed by atoms with Gasteiger partial charge in [0, 0.05) is 6.54 Å². The predicted molar refractivity (Wildman–Crippen MR) is 153 cm³/mol. The first-order chi connectivity index (χ1) is 18.8. The molecule has 0 unspecified atom stereocenters. The van der Waals surface area contributed by atoms with Crippen LogP contribution in [0.3, 0.4) is 0 Å². The van der Waals surface area contributed by atoms with E-state index in [9.17, 15) is 18.5 Å². The zero-order valence-electron chi connectivity index (χ0n) is 23.8. The zero-order valence-corrected chi connectivity index (χ0v) is 24.6. The zero-order chi connectivity index (χ0) is 29.5. The van der Waals surface area contributed by atoms with Crippen LogP contribution in [0.1, 0.15) is 62.8 Å². The lowest BCUT2D eigenvalue weighted by molar-refractivity contribution is 0.0392. The Labute approximate surface area is 237 Å². The van der Waals surface area contributed by atoms with Crippen LogP contribution in [0, 0.1) is 11.3 Å². The molecule has 0 aliphatic heterocycles. The van der Waals surface area contributed by atoms with Crippen molar-refractivity contribution in [2.45, 2.75) is 64.1 Å². The third-order valence-electron chi connectivity index (χ3n) is 6.04. The minimum Gasteiger partial charge on any atom is -0.497 e. The van der Waals surface area contributed by atoms with Gasteiger partial charge in [0.15, 0.2) is 0 Å². The lowest BCUT2D eigenvalue weighted by Gasteiger charge is -2.27. The van der Waals surface area contributed by atoms with Gasteiger partial charge in [-0.1, -0.05) is 50.2 Å². The number of carbonyl (C=O) groups is 1. The van der Waals surface area contributed by atoms with E-state index in [4.69, 9.17) is 14.2 Å².